The van der Waals surface area contributed by atoms with Crippen molar-refractivity contribution in [2.75, 3.05) is 31.1 Å². The van der Waals surface area contributed by atoms with Gasteiger partial charge in [0.05, 0.1) is 0 Å². The highest BCUT2D eigenvalue weighted by Gasteiger charge is 2.32. The van der Waals surface area contributed by atoms with Gasteiger partial charge in [0.15, 0.2) is 0 Å². The van der Waals surface area contributed by atoms with E-state index in [1.807, 2.05) is 9.80 Å². The molecule has 2 heterocycles. The van der Waals surface area contributed by atoms with E-state index >= 15 is 0 Å². The van der Waals surface area contributed by atoms with Crippen molar-refractivity contribution in [2.45, 2.75) is 12.9 Å². The molecule has 143 valence electrons. The third kappa shape index (κ3) is 5.10. The molecule has 0 bridgehead atoms. The first-order chi connectivity index (χ1) is 12.8. The lowest BCUT2D eigenvalue weighted by Crippen LogP contribution is -2.46. The number of carbonyl (C=O) groups excluding carboxylic acids is 1. The number of nitrogens with zero attached hydrogens (tertiary/aromatic N) is 3. The normalized spacial score (nSPS) is 15.6. The van der Waals surface area contributed by atoms with E-state index in [4.69, 9.17) is 5.73 Å². The second-order valence-corrected chi connectivity index (χ2v) is 6.08. The minimum absolute atomic E-state index is 0.0770. The van der Waals surface area contributed by atoms with E-state index in [1.54, 1.807) is 24.3 Å². The lowest BCUT2D eigenvalue weighted by molar-refractivity contribution is -0.275. The number of halogens is 3. The molecule has 1 saturated heterocycles. The predicted molar refractivity (Wildman–Crippen MR) is 92.2 cm³/mol. The fourth-order valence-electron chi connectivity index (χ4n) is 2.92. The molecule has 0 atom stereocenters. The number of para-hydroxylation sites is 1. The molecule has 2 N–H and O–H groups in total. The summed E-state index contributed by atoms with van der Waals surface area (Å²) in [4.78, 5) is 19.5. The van der Waals surface area contributed by atoms with Crippen molar-refractivity contribution < 1.29 is 22.7 Å². The number of rotatable bonds is 5. The maximum Gasteiger partial charge on any atom is 0.573 e. The van der Waals surface area contributed by atoms with E-state index in [1.165, 1.54) is 12.1 Å². The van der Waals surface area contributed by atoms with Crippen LogP contribution in [0.5, 0.6) is 5.75 Å². The summed E-state index contributed by atoms with van der Waals surface area (Å²) < 4.78 is 41.7. The van der Waals surface area contributed by atoms with Crippen molar-refractivity contribution in [3.8, 4) is 5.75 Å². The number of piperazine rings is 1. The minimum Gasteiger partial charge on any atom is -0.405 e. The van der Waals surface area contributed by atoms with Crippen molar-refractivity contribution in [2.24, 2.45) is 5.73 Å². The summed E-state index contributed by atoms with van der Waals surface area (Å²) in [6.45, 7) is 2.86. The average Bonchev–Trinajstić information content (AvgIpc) is 2.63. The number of anilines is 1. The van der Waals surface area contributed by atoms with Crippen molar-refractivity contribution >= 4 is 11.7 Å². The van der Waals surface area contributed by atoms with Crippen LogP contribution in [-0.2, 0) is 6.54 Å². The molecule has 9 heteroatoms. The first kappa shape index (κ1) is 19.0. The van der Waals surface area contributed by atoms with E-state index in [0.717, 1.165) is 0 Å². The van der Waals surface area contributed by atoms with Crippen LogP contribution >= 0.6 is 0 Å². The van der Waals surface area contributed by atoms with Gasteiger partial charge in [0, 0.05) is 44.4 Å². The number of hydrogen-bond donors (Lipinski definition) is 1. The molecule has 1 aliphatic heterocycles. The van der Waals surface area contributed by atoms with Gasteiger partial charge in [0.25, 0.3) is 5.91 Å². The Bertz CT molecular complexity index is 805. The summed E-state index contributed by atoms with van der Waals surface area (Å²) in [5.41, 5.74) is 5.78. The number of amides is 1. The van der Waals surface area contributed by atoms with Gasteiger partial charge in [-0.2, -0.15) is 0 Å². The number of benzene rings is 1. The van der Waals surface area contributed by atoms with Gasteiger partial charge in [0.1, 0.15) is 17.3 Å². The highest BCUT2D eigenvalue weighted by molar-refractivity contribution is 5.90. The topological polar surface area (TPSA) is 71.7 Å². The maximum atomic E-state index is 12.5. The Morgan fingerprint density at radius 3 is 2.56 bits per heavy atom. The molecular formula is C18H18F3N4O2. The Morgan fingerprint density at radius 2 is 1.89 bits per heavy atom. The fraction of sp³-hybridized carbons (Fsp3) is 0.333. The van der Waals surface area contributed by atoms with E-state index in [-0.39, 0.29) is 11.4 Å². The Balaban J connectivity index is 1.62. The number of ether oxygens (including phenoxy) is 1. The second kappa shape index (κ2) is 7.83. The number of pyridine rings is 1. The number of hydrogen-bond acceptors (Lipinski definition) is 5. The van der Waals surface area contributed by atoms with Crippen LogP contribution in [0, 0.1) is 6.07 Å². The number of nitrogens with two attached hydrogens (primary N) is 1. The predicted octanol–water partition coefficient (Wildman–Crippen LogP) is 2.20. The van der Waals surface area contributed by atoms with E-state index < -0.39 is 12.3 Å². The Hall–Kier alpha value is -2.81. The van der Waals surface area contributed by atoms with Gasteiger partial charge in [0.2, 0.25) is 0 Å². The number of alkyl halides is 3. The molecule has 0 aliphatic carbocycles. The Morgan fingerprint density at radius 1 is 1.19 bits per heavy atom. The summed E-state index contributed by atoms with van der Waals surface area (Å²) in [6.07, 6.45) is -4.72. The van der Waals surface area contributed by atoms with E-state index in [0.29, 0.717) is 44.1 Å². The third-order valence-electron chi connectivity index (χ3n) is 4.20. The lowest BCUT2D eigenvalue weighted by Gasteiger charge is -2.35. The molecule has 3 rings (SSSR count). The second-order valence-electron chi connectivity index (χ2n) is 6.08. The fourth-order valence-corrected chi connectivity index (χ4v) is 2.92. The van der Waals surface area contributed by atoms with E-state index in [2.05, 4.69) is 15.8 Å². The smallest absolute Gasteiger partial charge is 0.405 e. The Kier molecular flexibility index (Phi) is 5.50. The molecule has 27 heavy (non-hydrogen) atoms. The summed E-state index contributed by atoms with van der Waals surface area (Å²) in [6, 6.07) is 12.2. The van der Waals surface area contributed by atoms with Gasteiger partial charge in [-0.3, -0.25) is 9.69 Å². The summed E-state index contributed by atoms with van der Waals surface area (Å²) in [5, 5.41) is 0. The molecule has 1 aromatic carbocycles. The monoisotopic (exact) mass is 379 g/mol. The first-order valence-electron chi connectivity index (χ1n) is 8.31. The lowest BCUT2D eigenvalue weighted by atomic mass is 10.1. The number of aromatic nitrogens is 1. The van der Waals surface area contributed by atoms with Crippen LogP contribution in [0.1, 0.15) is 16.1 Å². The van der Waals surface area contributed by atoms with Gasteiger partial charge < -0.3 is 15.4 Å². The summed E-state index contributed by atoms with van der Waals surface area (Å²) in [5.74, 6) is -0.196. The van der Waals surface area contributed by atoms with Gasteiger partial charge in [-0.15, -0.1) is 13.2 Å². The van der Waals surface area contributed by atoms with Crippen molar-refractivity contribution in [1.29, 1.82) is 0 Å². The van der Waals surface area contributed by atoms with Crippen LogP contribution in [-0.4, -0.2) is 48.3 Å². The molecular weight excluding hydrogens is 361 g/mol. The molecule has 1 fully saturated rings. The van der Waals surface area contributed by atoms with Gasteiger partial charge in [-0.05, 0) is 18.2 Å². The van der Waals surface area contributed by atoms with Crippen molar-refractivity contribution in [1.82, 2.24) is 9.88 Å². The molecule has 1 radical (unpaired) electrons. The summed E-state index contributed by atoms with van der Waals surface area (Å²) in [7, 11) is 0. The van der Waals surface area contributed by atoms with Gasteiger partial charge in [-0.25, -0.2) is 4.98 Å². The van der Waals surface area contributed by atoms with Gasteiger partial charge in [-0.1, -0.05) is 18.2 Å². The third-order valence-corrected chi connectivity index (χ3v) is 4.20. The van der Waals surface area contributed by atoms with Gasteiger partial charge >= 0.3 is 6.36 Å². The zero-order chi connectivity index (χ0) is 19.4. The molecule has 1 aromatic heterocycles. The highest BCUT2D eigenvalue weighted by atomic mass is 19.4. The van der Waals surface area contributed by atoms with Crippen molar-refractivity contribution in [3.63, 3.8) is 0 Å². The zero-order valence-corrected chi connectivity index (χ0v) is 14.4. The van der Waals surface area contributed by atoms with Crippen LogP contribution < -0.4 is 15.4 Å². The van der Waals surface area contributed by atoms with Crippen LogP contribution in [0.3, 0.4) is 0 Å². The molecule has 6 nitrogen and oxygen atoms in total. The highest BCUT2D eigenvalue weighted by Crippen LogP contribution is 2.27. The Labute approximate surface area is 154 Å². The zero-order valence-electron chi connectivity index (χ0n) is 14.4. The van der Waals surface area contributed by atoms with Crippen LogP contribution in [0.4, 0.5) is 19.0 Å². The summed E-state index contributed by atoms with van der Waals surface area (Å²) >= 11 is 0. The standard InChI is InChI=1S/C18H18F3N4O2/c19-18(20,21)27-15-6-2-1-4-13(15)12-24-8-10-25(11-9-24)16-7-3-5-14(23-16)17(22)26/h1-4,6-7H,8-12H2,(H2,22,26). The molecule has 0 saturated carbocycles. The molecule has 1 aliphatic rings. The number of carbonyl (C=O) groups is 1. The SMILES string of the molecule is NC(=O)c1[c]ccc(N2CCN(Cc3ccccc3OC(F)(F)F)CC2)n1. The molecule has 0 unspecified atom stereocenters. The first-order valence-corrected chi connectivity index (χ1v) is 8.31. The van der Waals surface area contributed by atoms with Crippen LogP contribution in [0.25, 0.3) is 0 Å². The largest absolute Gasteiger partial charge is 0.573 e. The average molecular weight is 379 g/mol. The van der Waals surface area contributed by atoms with Crippen LogP contribution in [0.2, 0.25) is 0 Å². The van der Waals surface area contributed by atoms with Crippen LogP contribution in [0.15, 0.2) is 36.4 Å². The molecule has 2 aromatic rings. The minimum atomic E-state index is -4.72. The quantitative estimate of drug-likeness (QED) is 0.863. The molecule has 0 spiro atoms. The van der Waals surface area contributed by atoms with E-state index in [9.17, 15) is 18.0 Å². The van der Waals surface area contributed by atoms with Crippen molar-refractivity contribution in [3.05, 3.63) is 53.7 Å². The maximum absolute atomic E-state index is 12.5. The molecule has 1 amide bonds. The number of primary amides is 1.